The second kappa shape index (κ2) is 4.76. The van der Waals surface area contributed by atoms with E-state index in [1.54, 1.807) is 0 Å². The molecule has 1 nitrogen and oxygen atoms in total. The minimum absolute atomic E-state index is 0.677. The van der Waals surface area contributed by atoms with Crippen LogP contribution in [0.1, 0.15) is 13.8 Å². The summed E-state index contributed by atoms with van der Waals surface area (Å²) in [7, 11) is 1.14. The number of rotatable bonds is 4. The minimum atomic E-state index is 0.677. The summed E-state index contributed by atoms with van der Waals surface area (Å²) in [6.45, 7) is 10.4. The molecule has 0 fully saturated rings. The highest BCUT2D eigenvalue weighted by Gasteiger charge is 1.98. The summed E-state index contributed by atoms with van der Waals surface area (Å²) >= 11 is 0. The molecule has 54 valence electrons. The third-order valence-corrected chi connectivity index (χ3v) is 2.53. The molecule has 0 heterocycles. The molecular formula is C7H17NSi. The molecule has 1 N–H and O–H groups in total. The second-order valence-electron chi connectivity index (χ2n) is 2.56. The highest BCUT2D eigenvalue weighted by molar-refractivity contribution is 6.21. The van der Waals surface area contributed by atoms with Crippen LogP contribution < -0.4 is 5.32 Å². The van der Waals surface area contributed by atoms with Gasteiger partial charge in [0.25, 0.3) is 0 Å². The number of hydrogen-bond acceptors (Lipinski definition) is 1. The van der Waals surface area contributed by atoms with Gasteiger partial charge in [-0.3, -0.25) is 0 Å². The lowest BCUT2D eigenvalue weighted by molar-refractivity contribution is 0.605. The van der Waals surface area contributed by atoms with Crippen LogP contribution in [0.5, 0.6) is 0 Å². The molecule has 0 bridgehead atoms. The fourth-order valence-electron chi connectivity index (χ4n) is 0.535. The molecule has 0 aromatic heterocycles. The van der Waals surface area contributed by atoms with E-state index in [4.69, 9.17) is 0 Å². The van der Waals surface area contributed by atoms with E-state index in [0.717, 1.165) is 23.3 Å². The van der Waals surface area contributed by atoms with Crippen molar-refractivity contribution in [1.82, 2.24) is 5.32 Å². The summed E-state index contributed by atoms with van der Waals surface area (Å²) in [4.78, 5) is 0. The summed E-state index contributed by atoms with van der Waals surface area (Å²) < 4.78 is 0. The minimum Gasteiger partial charge on any atom is -0.316 e. The molecule has 0 spiro atoms. The van der Waals surface area contributed by atoms with Crippen LogP contribution in [0.2, 0.25) is 0 Å². The molecule has 2 heteroatoms. The Kier molecular flexibility index (Phi) is 4.72. The summed E-state index contributed by atoms with van der Waals surface area (Å²) in [6.07, 6.45) is 0. The van der Waals surface area contributed by atoms with E-state index < -0.39 is 0 Å². The van der Waals surface area contributed by atoms with Crippen LogP contribution in [-0.4, -0.2) is 23.3 Å². The van der Waals surface area contributed by atoms with E-state index >= 15 is 0 Å². The summed E-state index contributed by atoms with van der Waals surface area (Å²) in [5, 5.41) is 4.69. The van der Waals surface area contributed by atoms with Gasteiger partial charge in [-0.2, -0.15) is 0 Å². The van der Waals surface area contributed by atoms with Crippen molar-refractivity contribution in [3.8, 4) is 0 Å². The van der Waals surface area contributed by atoms with Gasteiger partial charge in [-0.05, 0) is 12.5 Å². The van der Waals surface area contributed by atoms with Crippen molar-refractivity contribution in [2.75, 3.05) is 13.1 Å². The van der Waals surface area contributed by atoms with E-state index in [2.05, 4.69) is 25.7 Å². The van der Waals surface area contributed by atoms with Gasteiger partial charge in [0.15, 0.2) is 0 Å². The molecule has 0 aliphatic heterocycles. The lowest BCUT2D eigenvalue weighted by Gasteiger charge is -2.10. The average molecular weight is 143 g/mol. The molecule has 0 radical (unpaired) electrons. The second-order valence-corrected chi connectivity index (χ2v) is 3.84. The third kappa shape index (κ3) is 4.42. The van der Waals surface area contributed by atoms with Crippen molar-refractivity contribution in [3.63, 3.8) is 0 Å². The largest absolute Gasteiger partial charge is 0.316 e. The smallest absolute Gasteiger partial charge is 0.0329 e. The summed E-state index contributed by atoms with van der Waals surface area (Å²) in [6, 6.07) is 0. The zero-order valence-corrected chi connectivity index (χ0v) is 8.70. The lowest BCUT2D eigenvalue weighted by atomic mass is 10.2. The van der Waals surface area contributed by atoms with Gasteiger partial charge in [0, 0.05) is 16.8 Å². The topological polar surface area (TPSA) is 12.0 Å². The van der Waals surface area contributed by atoms with E-state index in [1.807, 2.05) is 0 Å². The first-order valence-corrected chi connectivity index (χ1v) is 4.54. The van der Waals surface area contributed by atoms with Crippen LogP contribution in [0.4, 0.5) is 0 Å². The van der Waals surface area contributed by atoms with Crippen molar-refractivity contribution >= 4 is 10.2 Å². The zero-order chi connectivity index (χ0) is 7.28. The molecule has 0 saturated heterocycles. The standard InChI is InChI=1S/C7H17NSi/c1-4-8-5-6(2)7(3)9/h6,8H,3-5H2,1-2,9H3. The van der Waals surface area contributed by atoms with Gasteiger partial charge in [-0.25, -0.2) is 0 Å². The molecule has 0 rings (SSSR count). The van der Waals surface area contributed by atoms with Gasteiger partial charge in [-0.1, -0.05) is 19.0 Å². The molecule has 0 aromatic rings. The van der Waals surface area contributed by atoms with E-state index in [9.17, 15) is 0 Å². The SMILES string of the molecule is C=C([SiH3])C(C)CNCC. The lowest BCUT2D eigenvalue weighted by Crippen LogP contribution is -2.21. The van der Waals surface area contributed by atoms with Crippen LogP contribution >= 0.6 is 0 Å². The van der Waals surface area contributed by atoms with Crippen molar-refractivity contribution in [2.24, 2.45) is 5.92 Å². The van der Waals surface area contributed by atoms with E-state index in [1.165, 1.54) is 5.20 Å². The summed E-state index contributed by atoms with van der Waals surface area (Å²) in [5.41, 5.74) is 0. The molecule has 0 amide bonds. The Balaban J connectivity index is 3.27. The quantitative estimate of drug-likeness (QED) is 0.551. The Labute approximate surface area is 61.0 Å². The maximum absolute atomic E-state index is 3.93. The van der Waals surface area contributed by atoms with Gasteiger partial charge < -0.3 is 5.32 Å². The molecular weight excluding hydrogens is 126 g/mol. The van der Waals surface area contributed by atoms with Crippen LogP contribution in [0.3, 0.4) is 0 Å². The molecule has 9 heavy (non-hydrogen) atoms. The van der Waals surface area contributed by atoms with Crippen LogP contribution in [0.15, 0.2) is 11.8 Å². The first-order chi connectivity index (χ1) is 4.18. The predicted octanol–water partition coefficient (Wildman–Crippen LogP) is 0.111. The van der Waals surface area contributed by atoms with Crippen molar-refractivity contribution in [3.05, 3.63) is 11.8 Å². The number of nitrogens with one attached hydrogen (secondary N) is 1. The van der Waals surface area contributed by atoms with Crippen LogP contribution in [-0.2, 0) is 0 Å². The van der Waals surface area contributed by atoms with Gasteiger partial charge >= 0.3 is 0 Å². The Morgan fingerprint density at radius 2 is 2.33 bits per heavy atom. The molecule has 1 atom stereocenters. The Bertz CT molecular complexity index is 90.9. The van der Waals surface area contributed by atoms with Gasteiger partial charge in [-0.15, -0.1) is 6.58 Å². The highest BCUT2D eigenvalue weighted by atomic mass is 28.1. The monoisotopic (exact) mass is 143 g/mol. The maximum Gasteiger partial charge on any atom is 0.0329 e. The van der Waals surface area contributed by atoms with Crippen LogP contribution in [0, 0.1) is 5.92 Å². The Morgan fingerprint density at radius 1 is 1.78 bits per heavy atom. The Hall–Kier alpha value is -0.0831. The van der Waals surface area contributed by atoms with Crippen molar-refractivity contribution < 1.29 is 0 Å². The molecule has 0 aliphatic carbocycles. The fraction of sp³-hybridized carbons (Fsp3) is 0.714. The van der Waals surface area contributed by atoms with E-state index in [-0.39, 0.29) is 0 Å². The molecule has 1 unspecified atom stereocenters. The predicted molar refractivity (Wildman–Crippen MR) is 46.8 cm³/mol. The molecule has 0 aromatic carbocycles. The van der Waals surface area contributed by atoms with Gasteiger partial charge in [0.1, 0.15) is 0 Å². The maximum atomic E-state index is 3.93. The van der Waals surface area contributed by atoms with Crippen molar-refractivity contribution in [1.29, 1.82) is 0 Å². The van der Waals surface area contributed by atoms with Crippen LogP contribution in [0.25, 0.3) is 0 Å². The molecule has 0 saturated carbocycles. The third-order valence-electron chi connectivity index (χ3n) is 1.54. The number of hydrogen-bond donors (Lipinski definition) is 1. The van der Waals surface area contributed by atoms with Gasteiger partial charge in [0.05, 0.1) is 0 Å². The normalized spacial score (nSPS) is 13.6. The highest BCUT2D eigenvalue weighted by Crippen LogP contribution is 2.00. The first-order valence-electron chi connectivity index (χ1n) is 3.54. The Morgan fingerprint density at radius 3 is 2.67 bits per heavy atom. The zero-order valence-electron chi connectivity index (χ0n) is 6.70. The first kappa shape index (κ1) is 8.92. The van der Waals surface area contributed by atoms with Crippen molar-refractivity contribution in [2.45, 2.75) is 13.8 Å². The fourth-order valence-corrected chi connectivity index (χ4v) is 0.739. The average Bonchev–Trinajstić information content (AvgIpc) is 1.82. The van der Waals surface area contributed by atoms with Gasteiger partial charge in [0.2, 0.25) is 0 Å². The summed E-state index contributed by atoms with van der Waals surface area (Å²) in [5.74, 6) is 0.677. The van der Waals surface area contributed by atoms with E-state index in [0.29, 0.717) is 5.92 Å². The molecule has 0 aliphatic rings.